The van der Waals surface area contributed by atoms with Crippen LogP contribution in [0.25, 0.3) is 0 Å². The van der Waals surface area contributed by atoms with Crippen molar-refractivity contribution in [2.45, 2.75) is 26.9 Å². The van der Waals surface area contributed by atoms with Gasteiger partial charge in [0.05, 0.1) is 11.5 Å². The molecule has 1 unspecified atom stereocenters. The van der Waals surface area contributed by atoms with Gasteiger partial charge in [-0.25, -0.2) is 0 Å². The van der Waals surface area contributed by atoms with Gasteiger partial charge in [-0.1, -0.05) is 0 Å². The van der Waals surface area contributed by atoms with Crippen LogP contribution in [0.4, 0.5) is 0 Å². The largest absolute Gasteiger partial charge is 0.481 e. The fourth-order valence-corrected chi connectivity index (χ4v) is 0.179. The second-order valence-corrected chi connectivity index (χ2v) is 2.70. The lowest BCUT2D eigenvalue weighted by Crippen LogP contribution is -2.34. The van der Waals surface area contributed by atoms with Gasteiger partial charge in [-0.3, -0.25) is 4.79 Å². The zero-order valence-electron chi connectivity index (χ0n) is 6.59. The predicted octanol–water partition coefficient (Wildman–Crippen LogP) is 0.640. The molecule has 1 atom stereocenters. The second-order valence-electron chi connectivity index (χ2n) is 2.70. The van der Waals surface area contributed by atoms with Crippen LogP contribution in [0.15, 0.2) is 0 Å². The van der Waals surface area contributed by atoms with Gasteiger partial charge in [0.2, 0.25) is 0 Å². The summed E-state index contributed by atoms with van der Waals surface area (Å²) in [4.78, 5) is 10.3. The van der Waals surface area contributed by atoms with Gasteiger partial charge in [0, 0.05) is 0 Å². The maximum atomic E-state index is 10.3. The fraction of sp³-hybridized carbons (Fsp3) is 0.833. The number of carboxylic acid groups (broad SMARTS) is 1. The van der Waals surface area contributed by atoms with Gasteiger partial charge in [-0.05, 0) is 20.8 Å². The first kappa shape index (κ1) is 12.1. The van der Waals surface area contributed by atoms with E-state index in [0.29, 0.717) is 0 Å². The van der Waals surface area contributed by atoms with Gasteiger partial charge < -0.3 is 16.4 Å². The molecule has 62 valence electrons. The monoisotopic (exact) mass is 149 g/mol. The summed E-state index contributed by atoms with van der Waals surface area (Å²) >= 11 is 0. The van der Waals surface area contributed by atoms with Crippen molar-refractivity contribution in [2.24, 2.45) is 5.41 Å². The van der Waals surface area contributed by atoms with E-state index >= 15 is 0 Å². The highest BCUT2D eigenvalue weighted by atomic mass is 16.4. The van der Waals surface area contributed by atoms with Crippen LogP contribution in [0.2, 0.25) is 0 Å². The van der Waals surface area contributed by atoms with E-state index in [2.05, 4.69) is 0 Å². The Balaban J connectivity index is 0. The van der Waals surface area contributed by atoms with Crippen molar-refractivity contribution in [3.63, 3.8) is 0 Å². The van der Waals surface area contributed by atoms with Crippen molar-refractivity contribution in [2.75, 3.05) is 0 Å². The molecule has 0 bridgehead atoms. The highest BCUT2D eigenvalue weighted by Gasteiger charge is 2.32. The van der Waals surface area contributed by atoms with E-state index in [4.69, 9.17) is 10.2 Å². The van der Waals surface area contributed by atoms with Crippen LogP contribution in [0.3, 0.4) is 0 Å². The van der Waals surface area contributed by atoms with Crippen molar-refractivity contribution < 1.29 is 15.0 Å². The van der Waals surface area contributed by atoms with Crippen LogP contribution in [0, 0.1) is 5.41 Å². The molecule has 10 heavy (non-hydrogen) atoms. The minimum absolute atomic E-state index is 0. The van der Waals surface area contributed by atoms with Crippen molar-refractivity contribution in [3.05, 3.63) is 0 Å². The molecule has 0 heterocycles. The maximum Gasteiger partial charge on any atom is 0.311 e. The summed E-state index contributed by atoms with van der Waals surface area (Å²) in [6.45, 7) is 4.44. The molecular formula is C6H15NO3. The minimum atomic E-state index is -1.03. The summed E-state index contributed by atoms with van der Waals surface area (Å²) in [6.07, 6.45) is -0.810. The van der Waals surface area contributed by atoms with E-state index < -0.39 is 17.5 Å². The summed E-state index contributed by atoms with van der Waals surface area (Å²) in [5.41, 5.74) is -1.03. The topological polar surface area (TPSA) is 92.5 Å². The number of carbonyl (C=O) groups is 1. The quantitative estimate of drug-likeness (QED) is 0.537. The Hall–Kier alpha value is -0.610. The Bertz CT molecular complexity index is 120. The smallest absolute Gasteiger partial charge is 0.311 e. The number of aliphatic hydroxyl groups excluding tert-OH is 1. The highest BCUT2D eigenvalue weighted by molar-refractivity contribution is 5.74. The first-order valence-electron chi connectivity index (χ1n) is 2.80. The summed E-state index contributed by atoms with van der Waals surface area (Å²) in [7, 11) is 0. The van der Waals surface area contributed by atoms with Crippen molar-refractivity contribution in [1.82, 2.24) is 6.15 Å². The standard InChI is InChI=1S/C6H12O3.H3N/c1-4(7)6(2,3)5(8)9;/h4,7H,1-3H3,(H,8,9);1H3. The summed E-state index contributed by atoms with van der Waals surface area (Å²) in [6, 6.07) is 0. The Labute approximate surface area is 60.4 Å². The zero-order valence-corrected chi connectivity index (χ0v) is 6.59. The molecule has 0 amide bonds. The second kappa shape index (κ2) is 3.53. The highest BCUT2D eigenvalue weighted by Crippen LogP contribution is 2.19. The average molecular weight is 149 g/mol. The molecule has 5 N–H and O–H groups in total. The lowest BCUT2D eigenvalue weighted by Gasteiger charge is -2.21. The van der Waals surface area contributed by atoms with Gasteiger partial charge in [-0.2, -0.15) is 0 Å². The lowest BCUT2D eigenvalue weighted by atomic mass is 9.88. The average Bonchev–Trinajstić information content (AvgIpc) is 1.65. The molecule has 4 heteroatoms. The molecule has 0 aromatic carbocycles. The summed E-state index contributed by atoms with van der Waals surface area (Å²) < 4.78 is 0. The first-order chi connectivity index (χ1) is 3.89. The third-order valence-electron chi connectivity index (χ3n) is 1.60. The van der Waals surface area contributed by atoms with E-state index in [0.717, 1.165) is 0 Å². The van der Waals surface area contributed by atoms with Crippen LogP contribution in [0.5, 0.6) is 0 Å². The van der Waals surface area contributed by atoms with E-state index in [1.807, 2.05) is 0 Å². The molecule has 0 aromatic heterocycles. The number of hydrogen-bond acceptors (Lipinski definition) is 3. The first-order valence-corrected chi connectivity index (χ1v) is 2.80. The van der Waals surface area contributed by atoms with Crippen LogP contribution >= 0.6 is 0 Å². The van der Waals surface area contributed by atoms with Crippen LogP contribution in [-0.4, -0.2) is 22.3 Å². The molecule has 0 fully saturated rings. The molecule has 0 aliphatic carbocycles. The number of hydrogen-bond donors (Lipinski definition) is 3. The molecule has 0 aliphatic rings. The maximum absolute atomic E-state index is 10.3. The van der Waals surface area contributed by atoms with Crippen molar-refractivity contribution >= 4 is 5.97 Å². The van der Waals surface area contributed by atoms with E-state index in [-0.39, 0.29) is 6.15 Å². The number of aliphatic carboxylic acids is 1. The van der Waals surface area contributed by atoms with E-state index in [9.17, 15) is 4.79 Å². The zero-order chi connectivity index (χ0) is 7.65. The molecule has 0 radical (unpaired) electrons. The Kier molecular flexibility index (Phi) is 4.27. The van der Waals surface area contributed by atoms with Crippen LogP contribution in [-0.2, 0) is 4.79 Å². The Morgan fingerprint density at radius 1 is 1.50 bits per heavy atom. The van der Waals surface area contributed by atoms with Gasteiger partial charge in [0.25, 0.3) is 0 Å². The van der Waals surface area contributed by atoms with Crippen LogP contribution in [0.1, 0.15) is 20.8 Å². The number of carboxylic acids is 1. The van der Waals surface area contributed by atoms with Gasteiger partial charge in [0.1, 0.15) is 0 Å². The van der Waals surface area contributed by atoms with Crippen molar-refractivity contribution in [1.29, 1.82) is 0 Å². The molecule has 0 saturated carbocycles. The molecule has 4 nitrogen and oxygen atoms in total. The SMILES string of the molecule is CC(O)C(C)(C)C(=O)O.N. The van der Waals surface area contributed by atoms with Crippen LogP contribution < -0.4 is 6.15 Å². The number of rotatable bonds is 2. The fourth-order valence-electron chi connectivity index (χ4n) is 0.179. The Morgan fingerprint density at radius 3 is 1.80 bits per heavy atom. The molecule has 0 rings (SSSR count). The minimum Gasteiger partial charge on any atom is -0.481 e. The van der Waals surface area contributed by atoms with Crippen molar-refractivity contribution in [3.8, 4) is 0 Å². The summed E-state index contributed by atoms with van der Waals surface area (Å²) in [5, 5.41) is 17.3. The van der Waals surface area contributed by atoms with Gasteiger partial charge >= 0.3 is 5.97 Å². The normalized spacial score (nSPS) is 13.6. The lowest BCUT2D eigenvalue weighted by molar-refractivity contribution is -0.152. The number of aliphatic hydroxyl groups is 1. The van der Waals surface area contributed by atoms with Gasteiger partial charge in [0.15, 0.2) is 0 Å². The molecule has 0 aromatic rings. The predicted molar refractivity (Wildman–Crippen MR) is 38.1 cm³/mol. The molecular weight excluding hydrogens is 134 g/mol. The third kappa shape index (κ3) is 2.33. The van der Waals surface area contributed by atoms with E-state index in [1.165, 1.54) is 20.8 Å². The Morgan fingerprint density at radius 2 is 1.80 bits per heavy atom. The molecule has 0 saturated heterocycles. The summed E-state index contributed by atoms with van der Waals surface area (Å²) in [5.74, 6) is -0.975. The molecule has 0 aliphatic heterocycles. The van der Waals surface area contributed by atoms with E-state index in [1.54, 1.807) is 0 Å². The van der Waals surface area contributed by atoms with Gasteiger partial charge in [-0.15, -0.1) is 0 Å². The third-order valence-corrected chi connectivity index (χ3v) is 1.60. The molecule has 0 spiro atoms.